The summed E-state index contributed by atoms with van der Waals surface area (Å²) >= 11 is 0. The number of nitrogens with one attached hydrogen (secondary N) is 2. The van der Waals surface area contributed by atoms with Crippen LogP contribution in [0.2, 0.25) is 0 Å². The van der Waals surface area contributed by atoms with Gasteiger partial charge in [-0.3, -0.25) is 4.79 Å². The van der Waals surface area contributed by atoms with Gasteiger partial charge in [0.1, 0.15) is 0 Å². The lowest BCUT2D eigenvalue weighted by molar-refractivity contribution is -0.120. The second-order valence-electron chi connectivity index (χ2n) is 6.24. The van der Waals surface area contributed by atoms with E-state index < -0.39 is 0 Å². The Kier molecular flexibility index (Phi) is 4.46. The Bertz CT molecular complexity index is 414. The van der Waals surface area contributed by atoms with Gasteiger partial charge in [-0.25, -0.2) is 0 Å². The van der Waals surface area contributed by atoms with Gasteiger partial charge in [-0.15, -0.1) is 0 Å². The number of hydrogen-bond acceptors (Lipinski definition) is 2. The Hall–Kier alpha value is -1.51. The van der Waals surface area contributed by atoms with Crippen molar-refractivity contribution in [1.29, 1.82) is 0 Å². The molecule has 2 rings (SSSR count). The zero-order chi connectivity index (χ0) is 13.7. The summed E-state index contributed by atoms with van der Waals surface area (Å²) in [5, 5.41) is 6.29. The fourth-order valence-electron chi connectivity index (χ4n) is 2.84. The van der Waals surface area contributed by atoms with Crippen LogP contribution in [0.4, 0.5) is 5.69 Å². The van der Waals surface area contributed by atoms with Gasteiger partial charge < -0.3 is 10.6 Å². The molecule has 19 heavy (non-hydrogen) atoms. The molecule has 0 aromatic heterocycles. The molecule has 1 saturated carbocycles. The van der Waals surface area contributed by atoms with E-state index in [1.165, 1.54) is 12.8 Å². The van der Waals surface area contributed by atoms with Crippen molar-refractivity contribution in [2.75, 3.05) is 11.9 Å². The van der Waals surface area contributed by atoms with E-state index >= 15 is 0 Å². The predicted octanol–water partition coefficient (Wildman–Crippen LogP) is 3.18. The number of anilines is 1. The summed E-state index contributed by atoms with van der Waals surface area (Å²) in [7, 11) is 0. The SMILES string of the molecule is CC1(C)CCCC(NC(=O)CNc2ccccc2)C1. The predicted molar refractivity (Wildman–Crippen MR) is 79.1 cm³/mol. The van der Waals surface area contributed by atoms with E-state index in [0.29, 0.717) is 18.0 Å². The van der Waals surface area contributed by atoms with Gasteiger partial charge >= 0.3 is 0 Å². The maximum atomic E-state index is 11.9. The third kappa shape index (κ3) is 4.58. The number of para-hydroxylation sites is 1. The van der Waals surface area contributed by atoms with Gasteiger partial charge in [0, 0.05) is 11.7 Å². The summed E-state index contributed by atoms with van der Waals surface area (Å²) in [5.41, 5.74) is 1.35. The van der Waals surface area contributed by atoms with Crippen LogP contribution in [-0.4, -0.2) is 18.5 Å². The van der Waals surface area contributed by atoms with Gasteiger partial charge in [0.05, 0.1) is 6.54 Å². The molecule has 1 fully saturated rings. The minimum absolute atomic E-state index is 0.0894. The Morgan fingerprint density at radius 1 is 1.32 bits per heavy atom. The summed E-state index contributed by atoms with van der Waals surface area (Å²) in [4.78, 5) is 11.9. The minimum atomic E-state index is 0.0894. The Balaban J connectivity index is 1.75. The average molecular weight is 260 g/mol. The molecule has 3 heteroatoms. The smallest absolute Gasteiger partial charge is 0.239 e. The van der Waals surface area contributed by atoms with Gasteiger partial charge in [-0.05, 0) is 36.8 Å². The lowest BCUT2D eigenvalue weighted by Crippen LogP contribution is -2.42. The largest absolute Gasteiger partial charge is 0.376 e. The number of amides is 1. The first kappa shape index (κ1) is 13.9. The average Bonchev–Trinajstić information content (AvgIpc) is 2.36. The molecule has 1 amide bonds. The molecule has 3 nitrogen and oxygen atoms in total. The summed E-state index contributed by atoms with van der Waals surface area (Å²) in [6.07, 6.45) is 4.68. The van der Waals surface area contributed by atoms with Crippen LogP contribution in [0.3, 0.4) is 0 Å². The molecule has 2 N–H and O–H groups in total. The van der Waals surface area contributed by atoms with Gasteiger partial charge in [-0.2, -0.15) is 0 Å². The summed E-state index contributed by atoms with van der Waals surface area (Å²) in [5.74, 6) is 0.0894. The van der Waals surface area contributed by atoms with Crippen molar-refractivity contribution in [3.05, 3.63) is 30.3 Å². The number of hydrogen-bond donors (Lipinski definition) is 2. The molecule has 0 saturated heterocycles. The van der Waals surface area contributed by atoms with Gasteiger partial charge in [-0.1, -0.05) is 38.5 Å². The first-order valence-electron chi connectivity index (χ1n) is 7.13. The van der Waals surface area contributed by atoms with E-state index in [9.17, 15) is 4.79 Å². The highest BCUT2D eigenvalue weighted by atomic mass is 16.1. The third-order valence-electron chi connectivity index (χ3n) is 3.80. The van der Waals surface area contributed by atoms with E-state index in [-0.39, 0.29) is 5.91 Å². The van der Waals surface area contributed by atoms with Gasteiger partial charge in [0.2, 0.25) is 5.91 Å². The van der Waals surface area contributed by atoms with E-state index in [2.05, 4.69) is 24.5 Å². The van der Waals surface area contributed by atoms with Crippen LogP contribution in [0.15, 0.2) is 30.3 Å². The third-order valence-corrected chi connectivity index (χ3v) is 3.80. The molecule has 1 aromatic carbocycles. The van der Waals surface area contributed by atoms with Crippen LogP contribution in [0, 0.1) is 5.41 Å². The molecule has 1 aliphatic rings. The second-order valence-corrected chi connectivity index (χ2v) is 6.24. The van der Waals surface area contributed by atoms with E-state index in [1.807, 2.05) is 30.3 Å². The van der Waals surface area contributed by atoms with Crippen molar-refractivity contribution in [3.63, 3.8) is 0 Å². The van der Waals surface area contributed by atoms with E-state index in [1.54, 1.807) is 0 Å². The summed E-state index contributed by atoms with van der Waals surface area (Å²) in [6, 6.07) is 10.2. The number of rotatable bonds is 4. The van der Waals surface area contributed by atoms with Crippen molar-refractivity contribution < 1.29 is 4.79 Å². The zero-order valence-corrected chi connectivity index (χ0v) is 11.9. The molecule has 1 aromatic rings. The highest BCUT2D eigenvalue weighted by Crippen LogP contribution is 2.34. The standard InChI is InChI=1S/C16H24N2O/c1-16(2)10-6-9-14(11-16)18-15(19)12-17-13-7-4-3-5-8-13/h3-5,7-8,14,17H,6,9-12H2,1-2H3,(H,18,19). The molecular formula is C16H24N2O. The van der Waals surface area contributed by atoms with Crippen molar-refractivity contribution in [1.82, 2.24) is 5.32 Å². The topological polar surface area (TPSA) is 41.1 Å². The van der Waals surface area contributed by atoms with Gasteiger partial charge in [0.25, 0.3) is 0 Å². The molecule has 0 bridgehead atoms. The van der Waals surface area contributed by atoms with Crippen LogP contribution in [0.1, 0.15) is 39.5 Å². The zero-order valence-electron chi connectivity index (χ0n) is 11.9. The van der Waals surface area contributed by atoms with Gasteiger partial charge in [0.15, 0.2) is 0 Å². The van der Waals surface area contributed by atoms with Crippen molar-refractivity contribution in [3.8, 4) is 0 Å². The molecule has 0 radical (unpaired) electrons. The molecule has 1 unspecified atom stereocenters. The molecule has 1 aliphatic carbocycles. The maximum Gasteiger partial charge on any atom is 0.239 e. The first-order valence-corrected chi connectivity index (χ1v) is 7.13. The van der Waals surface area contributed by atoms with Crippen molar-refractivity contribution in [2.24, 2.45) is 5.41 Å². The first-order chi connectivity index (χ1) is 9.05. The van der Waals surface area contributed by atoms with Crippen LogP contribution in [-0.2, 0) is 4.79 Å². The highest BCUT2D eigenvalue weighted by molar-refractivity contribution is 5.80. The Morgan fingerprint density at radius 3 is 2.74 bits per heavy atom. The Morgan fingerprint density at radius 2 is 2.05 bits per heavy atom. The minimum Gasteiger partial charge on any atom is -0.376 e. The highest BCUT2D eigenvalue weighted by Gasteiger charge is 2.28. The maximum absolute atomic E-state index is 11.9. The van der Waals surface area contributed by atoms with Crippen LogP contribution in [0.5, 0.6) is 0 Å². The van der Waals surface area contributed by atoms with E-state index in [4.69, 9.17) is 0 Å². The molecule has 0 heterocycles. The Labute approximate surface area is 115 Å². The van der Waals surface area contributed by atoms with Crippen LogP contribution in [0.25, 0.3) is 0 Å². The lowest BCUT2D eigenvalue weighted by Gasteiger charge is -2.35. The fraction of sp³-hybridized carbons (Fsp3) is 0.562. The normalized spacial score (nSPS) is 21.7. The molecule has 0 aliphatic heterocycles. The second kappa shape index (κ2) is 6.09. The fourth-order valence-corrected chi connectivity index (χ4v) is 2.84. The molecule has 0 spiro atoms. The molecule has 104 valence electrons. The van der Waals surface area contributed by atoms with Crippen LogP contribution >= 0.6 is 0 Å². The van der Waals surface area contributed by atoms with E-state index in [0.717, 1.165) is 18.5 Å². The molecular weight excluding hydrogens is 236 g/mol. The number of carbonyl (C=O) groups excluding carboxylic acids is 1. The van der Waals surface area contributed by atoms with Crippen LogP contribution < -0.4 is 10.6 Å². The lowest BCUT2D eigenvalue weighted by atomic mass is 9.75. The van der Waals surface area contributed by atoms with Crippen molar-refractivity contribution >= 4 is 11.6 Å². The molecule has 1 atom stereocenters. The number of carbonyl (C=O) groups is 1. The summed E-state index contributed by atoms with van der Waals surface area (Å²) in [6.45, 7) is 4.92. The van der Waals surface area contributed by atoms with Crippen molar-refractivity contribution in [2.45, 2.75) is 45.6 Å². The number of benzene rings is 1. The summed E-state index contributed by atoms with van der Waals surface area (Å²) < 4.78 is 0. The monoisotopic (exact) mass is 260 g/mol. The quantitative estimate of drug-likeness (QED) is 0.873.